The second kappa shape index (κ2) is 16.5. The number of aliphatic hydroxyl groups is 2. The first kappa shape index (κ1) is 40.6. The van der Waals surface area contributed by atoms with E-state index in [0.717, 1.165) is 0 Å². The van der Waals surface area contributed by atoms with Gasteiger partial charge in [-0.2, -0.15) is 0 Å². The Morgan fingerprint density at radius 3 is 2.04 bits per heavy atom. The number of benzene rings is 2. The van der Waals surface area contributed by atoms with Crippen LogP contribution in [0.2, 0.25) is 0 Å². The van der Waals surface area contributed by atoms with Crippen LogP contribution < -0.4 is 0 Å². The molecule has 3 fully saturated rings. The number of amides is 3. The van der Waals surface area contributed by atoms with Crippen LogP contribution >= 0.6 is 11.8 Å². The first-order valence-corrected chi connectivity index (χ1v) is 19.2. The lowest BCUT2D eigenvalue weighted by Gasteiger charge is -2.46. The van der Waals surface area contributed by atoms with E-state index in [1.807, 2.05) is 14.0 Å². The lowest BCUT2D eigenvalue weighted by molar-refractivity contribution is -0.913. The number of carbonyl (C=O) groups is 4. The number of hydrogen-bond donors (Lipinski definition) is 2. The summed E-state index contributed by atoms with van der Waals surface area (Å²) < 4.78 is 11.9. The number of likely N-dealkylation sites (tertiary alicyclic amines) is 1. The topological polar surface area (TPSA) is 223 Å². The minimum absolute atomic E-state index is 0.0169. The molecule has 0 bridgehead atoms. The van der Waals surface area contributed by atoms with Crippen LogP contribution in [-0.4, -0.2) is 139 Å². The minimum atomic E-state index is -0.982. The fourth-order valence-corrected chi connectivity index (χ4v) is 9.40. The maximum atomic E-state index is 14.2. The Hall–Kier alpha value is -5.11. The van der Waals surface area contributed by atoms with E-state index < -0.39 is 63.1 Å². The average molecular weight is 798 g/mol. The van der Waals surface area contributed by atoms with Crippen molar-refractivity contribution in [2.45, 2.75) is 56.9 Å². The molecule has 4 aliphatic heterocycles. The van der Waals surface area contributed by atoms with Crippen molar-refractivity contribution in [2.24, 2.45) is 11.8 Å². The molecule has 3 saturated heterocycles. The zero-order valence-electron chi connectivity index (χ0n) is 31.2. The normalized spacial score (nSPS) is 24.7. The van der Waals surface area contributed by atoms with E-state index >= 15 is 0 Å². The van der Waals surface area contributed by atoms with Crippen molar-refractivity contribution in [3.63, 3.8) is 0 Å². The van der Waals surface area contributed by atoms with Crippen molar-refractivity contribution in [3.8, 4) is 0 Å². The van der Waals surface area contributed by atoms with Crippen LogP contribution in [0.25, 0.3) is 0 Å². The number of carbonyl (C=O) groups excluding carboxylic acids is 4. The maximum Gasteiger partial charge on any atom is 0.410 e. The number of nitro benzene ring substituents is 2. The fourth-order valence-electron chi connectivity index (χ4n) is 7.88. The number of piperazine rings is 1. The van der Waals surface area contributed by atoms with Gasteiger partial charge in [-0.15, -0.1) is 11.8 Å². The molecule has 19 heteroatoms. The van der Waals surface area contributed by atoms with Gasteiger partial charge in [0, 0.05) is 46.9 Å². The number of hydrogen-bond acceptors (Lipinski definition) is 13. The van der Waals surface area contributed by atoms with Crippen molar-refractivity contribution in [2.75, 3.05) is 52.9 Å². The number of likely N-dealkylation sites (N-methyl/N-ethyl adjacent to an activating group) is 1. The summed E-state index contributed by atoms with van der Waals surface area (Å²) in [5.74, 6) is -2.64. The molecule has 0 radical (unpaired) electrons. The lowest BCUT2D eigenvalue weighted by Crippen LogP contribution is -2.63. The number of rotatable bonds is 13. The summed E-state index contributed by atoms with van der Waals surface area (Å²) >= 11 is 1.28. The Balaban J connectivity index is 1.23. The molecular formula is C37H45N6O12S+. The Kier molecular flexibility index (Phi) is 12.0. The van der Waals surface area contributed by atoms with E-state index in [2.05, 4.69) is 0 Å². The summed E-state index contributed by atoms with van der Waals surface area (Å²) in [7, 11) is 2.02. The SMILES string of the molecule is C[C@@H](O)[C@H]1C(=O)N2C(C(=O)OCc3ccc([N+](=O)[O-])cc3)=C(S[C@H]3C[C@@H](C(=O)N4CC[N+](C)(CCO)CC4)N(C(=O)OCc4ccc([N+](=O)[O-])cc4)C3)[C@H](C)[C@H]12. The third kappa shape index (κ3) is 8.21. The van der Waals surface area contributed by atoms with E-state index in [4.69, 9.17) is 9.47 Å². The summed E-state index contributed by atoms with van der Waals surface area (Å²) in [5.41, 5.74) is 0.789. The number of aliphatic hydroxyl groups excluding tert-OH is 2. The summed E-state index contributed by atoms with van der Waals surface area (Å²) in [4.78, 5) is 81.1. The number of ether oxygens (including phenoxy) is 2. The third-order valence-corrected chi connectivity index (χ3v) is 12.7. The average Bonchev–Trinajstić information content (AvgIpc) is 3.70. The van der Waals surface area contributed by atoms with E-state index in [-0.39, 0.29) is 55.8 Å². The molecule has 4 aliphatic rings. The van der Waals surface area contributed by atoms with Gasteiger partial charge in [-0.3, -0.25) is 34.7 Å². The van der Waals surface area contributed by atoms with Gasteiger partial charge in [-0.25, -0.2) is 9.59 Å². The summed E-state index contributed by atoms with van der Waals surface area (Å²) in [6.07, 6.45) is -1.54. The second-order valence-electron chi connectivity index (χ2n) is 14.9. The molecule has 6 rings (SSSR count). The van der Waals surface area contributed by atoms with E-state index in [1.165, 1.54) is 77.0 Å². The van der Waals surface area contributed by atoms with Gasteiger partial charge in [0.15, 0.2) is 0 Å². The van der Waals surface area contributed by atoms with Gasteiger partial charge in [0.2, 0.25) is 11.8 Å². The van der Waals surface area contributed by atoms with Gasteiger partial charge < -0.3 is 34.0 Å². The molecule has 0 saturated carbocycles. The Morgan fingerprint density at radius 2 is 1.52 bits per heavy atom. The molecule has 0 unspecified atom stereocenters. The fraction of sp³-hybridized carbons (Fsp3) is 0.514. The van der Waals surface area contributed by atoms with Gasteiger partial charge >= 0.3 is 12.1 Å². The lowest BCUT2D eigenvalue weighted by atomic mass is 9.79. The maximum absolute atomic E-state index is 14.2. The predicted molar refractivity (Wildman–Crippen MR) is 199 cm³/mol. The van der Waals surface area contributed by atoms with E-state index in [1.54, 1.807) is 4.90 Å². The van der Waals surface area contributed by atoms with Crippen LogP contribution in [0.5, 0.6) is 0 Å². The van der Waals surface area contributed by atoms with Crippen LogP contribution in [0, 0.1) is 32.1 Å². The number of nitro groups is 2. The number of β-lactam (4-membered cyclic amide) rings is 1. The highest BCUT2D eigenvalue weighted by molar-refractivity contribution is 8.03. The smallest absolute Gasteiger partial charge is 0.410 e. The Labute approximate surface area is 326 Å². The predicted octanol–water partition coefficient (Wildman–Crippen LogP) is 2.41. The van der Waals surface area contributed by atoms with Crippen molar-refractivity contribution in [1.29, 1.82) is 0 Å². The second-order valence-corrected chi connectivity index (χ2v) is 16.3. The van der Waals surface area contributed by atoms with Crippen LogP contribution in [0.1, 0.15) is 31.4 Å². The zero-order chi connectivity index (χ0) is 40.5. The van der Waals surface area contributed by atoms with Gasteiger partial charge in [0.25, 0.3) is 11.4 Å². The Morgan fingerprint density at radius 1 is 0.964 bits per heavy atom. The van der Waals surface area contributed by atoms with Crippen LogP contribution in [0.15, 0.2) is 59.1 Å². The quantitative estimate of drug-likeness (QED) is 0.0979. The first-order chi connectivity index (χ1) is 26.6. The molecule has 56 heavy (non-hydrogen) atoms. The van der Waals surface area contributed by atoms with Gasteiger partial charge in [0.1, 0.15) is 31.5 Å². The van der Waals surface area contributed by atoms with Crippen molar-refractivity contribution in [1.82, 2.24) is 14.7 Å². The summed E-state index contributed by atoms with van der Waals surface area (Å²) in [6.45, 7) is 5.65. The monoisotopic (exact) mass is 797 g/mol. The molecule has 2 aromatic carbocycles. The van der Waals surface area contributed by atoms with Crippen LogP contribution in [0.4, 0.5) is 16.2 Å². The number of fused-ring (bicyclic) bond motifs is 1. The van der Waals surface area contributed by atoms with Gasteiger partial charge in [0.05, 0.1) is 67.7 Å². The zero-order valence-corrected chi connectivity index (χ0v) is 32.0. The minimum Gasteiger partial charge on any atom is -0.456 e. The molecule has 0 aromatic heterocycles. The first-order valence-electron chi connectivity index (χ1n) is 18.3. The van der Waals surface area contributed by atoms with Gasteiger partial charge in [-0.1, -0.05) is 6.92 Å². The highest BCUT2D eigenvalue weighted by Gasteiger charge is 2.61. The molecule has 18 nitrogen and oxygen atoms in total. The summed E-state index contributed by atoms with van der Waals surface area (Å²) in [5, 5.41) is 41.8. The third-order valence-electron chi connectivity index (χ3n) is 11.2. The molecule has 2 aromatic rings. The summed E-state index contributed by atoms with van der Waals surface area (Å²) in [6, 6.07) is 9.65. The van der Waals surface area contributed by atoms with Crippen molar-refractivity contribution in [3.05, 3.63) is 90.5 Å². The molecule has 2 N–H and O–H groups in total. The standard InChI is InChI=1S/C37H45N6O12S/c1-22-31-30(23(2)45)35(47)40(31)32(36(48)54-20-24-4-8-26(9-5-24)41(50)51)33(22)56-28-18-29(34(46)38-12-14-43(3,15-13-38)16-17-44)39(19-28)37(49)55-21-25-6-10-27(11-7-25)42(52)53/h4-11,22-23,28-31,44-45H,12-21H2,1-3H3/q+1/t22-,23-,28+,29+,30-,31-/m1/s1. The molecule has 6 atom stereocenters. The highest BCUT2D eigenvalue weighted by Crippen LogP contribution is 2.52. The van der Waals surface area contributed by atoms with E-state index in [0.29, 0.717) is 53.2 Å². The van der Waals surface area contributed by atoms with Gasteiger partial charge in [-0.05, 0) is 48.7 Å². The number of nitrogens with zero attached hydrogens (tertiary/aromatic N) is 6. The molecule has 0 spiro atoms. The number of thioether (sulfide) groups is 1. The molecular weight excluding hydrogens is 753 g/mol. The van der Waals surface area contributed by atoms with Crippen molar-refractivity contribution < 1.29 is 53.2 Å². The Bertz CT molecular complexity index is 1900. The highest BCUT2D eigenvalue weighted by atomic mass is 32.2. The molecule has 0 aliphatic carbocycles. The van der Waals surface area contributed by atoms with Crippen LogP contribution in [-0.2, 0) is 37.1 Å². The molecule has 3 amide bonds. The number of non-ortho nitro benzene ring substituents is 2. The van der Waals surface area contributed by atoms with E-state index in [9.17, 15) is 49.6 Å². The molecule has 4 heterocycles. The number of quaternary nitrogens is 1. The molecule has 300 valence electrons. The largest absolute Gasteiger partial charge is 0.456 e. The van der Waals surface area contributed by atoms with Crippen molar-refractivity contribution >= 4 is 47.0 Å². The van der Waals surface area contributed by atoms with Crippen LogP contribution in [0.3, 0.4) is 0 Å². The number of esters is 1.